The lowest BCUT2D eigenvalue weighted by atomic mass is 9.97. The SMILES string of the molecule is C=CCC1(SCc2ccccc2)CNC1=O. The first-order valence-corrected chi connectivity index (χ1v) is 6.32. The minimum absolute atomic E-state index is 0.147. The highest BCUT2D eigenvalue weighted by Gasteiger charge is 2.45. The lowest BCUT2D eigenvalue weighted by Gasteiger charge is -2.39. The topological polar surface area (TPSA) is 29.1 Å². The average molecular weight is 233 g/mol. The predicted octanol–water partition coefficient (Wildman–Crippen LogP) is 2.36. The Morgan fingerprint density at radius 3 is 2.69 bits per heavy atom. The van der Waals surface area contributed by atoms with E-state index in [1.807, 2.05) is 24.3 Å². The van der Waals surface area contributed by atoms with Gasteiger partial charge in [0.25, 0.3) is 0 Å². The molecule has 1 fully saturated rings. The second-order valence-electron chi connectivity index (χ2n) is 3.94. The van der Waals surface area contributed by atoms with Crippen LogP contribution in [0.4, 0.5) is 0 Å². The molecule has 1 aromatic carbocycles. The van der Waals surface area contributed by atoms with E-state index in [1.165, 1.54) is 5.56 Å². The van der Waals surface area contributed by atoms with Crippen molar-refractivity contribution in [2.45, 2.75) is 16.9 Å². The van der Waals surface area contributed by atoms with E-state index in [-0.39, 0.29) is 10.7 Å². The highest BCUT2D eigenvalue weighted by Crippen LogP contribution is 2.36. The van der Waals surface area contributed by atoms with Crippen LogP contribution in [0.1, 0.15) is 12.0 Å². The summed E-state index contributed by atoms with van der Waals surface area (Å²) in [5, 5.41) is 2.81. The molecule has 1 aromatic rings. The summed E-state index contributed by atoms with van der Waals surface area (Å²) in [6.45, 7) is 4.48. The van der Waals surface area contributed by atoms with Gasteiger partial charge in [0.15, 0.2) is 0 Å². The second-order valence-corrected chi connectivity index (χ2v) is 5.30. The van der Waals surface area contributed by atoms with Crippen LogP contribution in [-0.4, -0.2) is 17.2 Å². The van der Waals surface area contributed by atoms with Crippen molar-refractivity contribution >= 4 is 17.7 Å². The van der Waals surface area contributed by atoms with Gasteiger partial charge in [0.2, 0.25) is 5.91 Å². The van der Waals surface area contributed by atoms with Gasteiger partial charge in [-0.2, -0.15) is 0 Å². The van der Waals surface area contributed by atoms with Crippen molar-refractivity contribution in [3.8, 4) is 0 Å². The van der Waals surface area contributed by atoms with Crippen molar-refractivity contribution < 1.29 is 4.79 Å². The van der Waals surface area contributed by atoms with Gasteiger partial charge in [-0.3, -0.25) is 4.79 Å². The first kappa shape index (κ1) is 11.3. The van der Waals surface area contributed by atoms with Crippen LogP contribution < -0.4 is 5.32 Å². The Labute approximate surface area is 100 Å². The Balaban J connectivity index is 1.98. The van der Waals surface area contributed by atoms with Crippen molar-refractivity contribution in [1.82, 2.24) is 5.32 Å². The summed E-state index contributed by atoms with van der Waals surface area (Å²) in [4.78, 5) is 11.6. The van der Waals surface area contributed by atoms with Crippen molar-refractivity contribution in [1.29, 1.82) is 0 Å². The quantitative estimate of drug-likeness (QED) is 0.625. The fourth-order valence-electron chi connectivity index (χ4n) is 1.73. The zero-order valence-electron chi connectivity index (χ0n) is 9.11. The molecule has 1 aliphatic rings. The number of allylic oxidation sites excluding steroid dienone is 1. The molecule has 3 heteroatoms. The molecule has 1 unspecified atom stereocenters. The third-order valence-corrected chi connectivity index (χ3v) is 4.31. The highest BCUT2D eigenvalue weighted by atomic mass is 32.2. The third kappa shape index (κ3) is 2.14. The number of hydrogen-bond donors (Lipinski definition) is 1. The summed E-state index contributed by atoms with van der Waals surface area (Å²) < 4.78 is -0.266. The smallest absolute Gasteiger partial charge is 0.238 e. The van der Waals surface area contributed by atoms with Crippen LogP contribution in [0.25, 0.3) is 0 Å². The Bertz CT molecular complexity index is 390. The molecule has 84 valence electrons. The maximum Gasteiger partial charge on any atom is 0.238 e. The van der Waals surface area contributed by atoms with Crippen LogP contribution in [0, 0.1) is 0 Å². The third-order valence-electron chi connectivity index (χ3n) is 2.78. The minimum atomic E-state index is -0.266. The Morgan fingerprint density at radius 1 is 1.44 bits per heavy atom. The standard InChI is InChI=1S/C13H15NOS/c1-2-8-13(10-14-12(13)15)16-9-11-6-4-3-5-7-11/h2-7H,1,8-10H2,(H,14,15). The molecule has 2 rings (SSSR count). The van der Waals surface area contributed by atoms with Crippen LogP contribution in [0.5, 0.6) is 0 Å². The van der Waals surface area contributed by atoms with E-state index in [9.17, 15) is 4.79 Å². The molecule has 1 N–H and O–H groups in total. The molecule has 1 atom stereocenters. The number of hydrogen-bond acceptors (Lipinski definition) is 2. The number of thioether (sulfide) groups is 1. The van der Waals surface area contributed by atoms with E-state index in [0.29, 0.717) is 0 Å². The number of carbonyl (C=O) groups excluding carboxylic acids is 1. The monoisotopic (exact) mass is 233 g/mol. The van der Waals surface area contributed by atoms with E-state index in [2.05, 4.69) is 24.0 Å². The number of rotatable bonds is 5. The van der Waals surface area contributed by atoms with Crippen LogP contribution in [0.15, 0.2) is 43.0 Å². The van der Waals surface area contributed by atoms with Gasteiger partial charge in [-0.15, -0.1) is 18.3 Å². The van der Waals surface area contributed by atoms with Crippen LogP contribution in [0.2, 0.25) is 0 Å². The summed E-state index contributed by atoms with van der Waals surface area (Å²) in [6, 6.07) is 10.2. The molecule has 1 saturated heterocycles. The fourth-order valence-corrected chi connectivity index (χ4v) is 2.98. The summed E-state index contributed by atoms with van der Waals surface area (Å²) in [6.07, 6.45) is 2.58. The lowest BCUT2D eigenvalue weighted by Crippen LogP contribution is -2.62. The van der Waals surface area contributed by atoms with Gasteiger partial charge < -0.3 is 5.32 Å². The Kier molecular flexibility index (Phi) is 3.34. The highest BCUT2D eigenvalue weighted by molar-refractivity contribution is 8.00. The first-order chi connectivity index (χ1) is 7.77. The molecule has 16 heavy (non-hydrogen) atoms. The summed E-state index contributed by atoms with van der Waals surface area (Å²) in [5.41, 5.74) is 1.26. The predicted molar refractivity (Wildman–Crippen MR) is 68.3 cm³/mol. The van der Waals surface area contributed by atoms with Gasteiger partial charge in [-0.05, 0) is 12.0 Å². The molecule has 0 aromatic heterocycles. The number of β-lactam (4-membered cyclic amide) rings is 1. The number of carbonyl (C=O) groups is 1. The number of nitrogens with one attached hydrogen (secondary N) is 1. The van der Waals surface area contributed by atoms with Gasteiger partial charge in [-0.25, -0.2) is 0 Å². The average Bonchev–Trinajstić information content (AvgIpc) is 2.34. The largest absolute Gasteiger partial charge is 0.353 e. The van der Waals surface area contributed by atoms with E-state index >= 15 is 0 Å². The van der Waals surface area contributed by atoms with E-state index in [4.69, 9.17) is 0 Å². The van der Waals surface area contributed by atoms with E-state index < -0.39 is 0 Å². The van der Waals surface area contributed by atoms with E-state index in [1.54, 1.807) is 11.8 Å². The second kappa shape index (κ2) is 4.74. The molecule has 0 spiro atoms. The van der Waals surface area contributed by atoms with Crippen molar-refractivity contribution in [3.05, 3.63) is 48.6 Å². The van der Waals surface area contributed by atoms with Crippen LogP contribution >= 0.6 is 11.8 Å². The van der Waals surface area contributed by atoms with Crippen molar-refractivity contribution in [2.75, 3.05) is 6.54 Å². The maximum absolute atomic E-state index is 11.6. The molecular formula is C13H15NOS. The van der Waals surface area contributed by atoms with Gasteiger partial charge >= 0.3 is 0 Å². The normalized spacial score (nSPS) is 23.4. The zero-order valence-corrected chi connectivity index (χ0v) is 9.93. The Morgan fingerprint density at radius 2 is 2.19 bits per heavy atom. The lowest BCUT2D eigenvalue weighted by molar-refractivity contribution is -0.128. The Hall–Kier alpha value is -1.22. The molecular weight excluding hydrogens is 218 g/mol. The minimum Gasteiger partial charge on any atom is -0.353 e. The van der Waals surface area contributed by atoms with Gasteiger partial charge in [0.05, 0.1) is 0 Å². The maximum atomic E-state index is 11.6. The number of amides is 1. The van der Waals surface area contributed by atoms with Gasteiger partial charge in [-0.1, -0.05) is 36.4 Å². The van der Waals surface area contributed by atoms with E-state index in [0.717, 1.165) is 18.7 Å². The molecule has 0 aliphatic carbocycles. The molecule has 2 nitrogen and oxygen atoms in total. The van der Waals surface area contributed by atoms with Crippen molar-refractivity contribution in [2.24, 2.45) is 0 Å². The molecule has 1 amide bonds. The van der Waals surface area contributed by atoms with Gasteiger partial charge in [0.1, 0.15) is 4.75 Å². The first-order valence-electron chi connectivity index (χ1n) is 5.34. The molecule has 0 saturated carbocycles. The summed E-state index contributed by atoms with van der Waals surface area (Å²) in [5.74, 6) is 1.02. The molecule has 1 heterocycles. The summed E-state index contributed by atoms with van der Waals surface area (Å²) in [7, 11) is 0. The number of benzene rings is 1. The molecule has 0 bridgehead atoms. The van der Waals surface area contributed by atoms with Crippen LogP contribution in [-0.2, 0) is 10.5 Å². The zero-order chi connectivity index (χ0) is 11.4. The summed E-state index contributed by atoms with van der Waals surface area (Å²) >= 11 is 1.71. The van der Waals surface area contributed by atoms with Crippen LogP contribution in [0.3, 0.4) is 0 Å². The molecule has 0 radical (unpaired) electrons. The fraction of sp³-hybridized carbons (Fsp3) is 0.308. The van der Waals surface area contributed by atoms with Crippen molar-refractivity contribution in [3.63, 3.8) is 0 Å². The molecule has 1 aliphatic heterocycles. The van der Waals surface area contributed by atoms with Gasteiger partial charge in [0, 0.05) is 12.3 Å².